The molecule has 0 saturated heterocycles. The number of nitrogens with one attached hydrogen (secondary N) is 1. The smallest absolute Gasteiger partial charge is 0.260 e. The highest BCUT2D eigenvalue weighted by Gasteiger charge is 2.48. The van der Waals surface area contributed by atoms with Gasteiger partial charge in [0.15, 0.2) is 5.78 Å². The lowest BCUT2D eigenvalue weighted by molar-refractivity contribution is -0.118. The lowest BCUT2D eigenvalue weighted by Crippen LogP contribution is -2.47. The predicted octanol–water partition coefficient (Wildman–Crippen LogP) is 5.35. The molecule has 6 rings (SSSR count). The number of rotatable bonds is 1. The second-order valence-electron chi connectivity index (χ2n) is 10.2. The van der Waals surface area contributed by atoms with Gasteiger partial charge in [0.2, 0.25) is 0 Å². The Morgan fingerprint density at radius 2 is 1.88 bits per heavy atom. The van der Waals surface area contributed by atoms with Gasteiger partial charge in [0, 0.05) is 22.6 Å². The first-order valence-electron chi connectivity index (χ1n) is 11.6. The quantitative estimate of drug-likeness (QED) is 0.629. The molecule has 1 atom stereocenters. The van der Waals surface area contributed by atoms with Crippen LogP contribution in [-0.2, 0) is 17.6 Å². The van der Waals surface area contributed by atoms with E-state index in [0.29, 0.717) is 23.4 Å². The van der Waals surface area contributed by atoms with Crippen LogP contribution >= 0.6 is 11.3 Å². The number of carbonyl (C=O) groups excluding carboxylic acids is 2. The van der Waals surface area contributed by atoms with E-state index in [4.69, 9.17) is 0 Å². The van der Waals surface area contributed by atoms with Gasteiger partial charge in [-0.3, -0.25) is 14.5 Å². The summed E-state index contributed by atoms with van der Waals surface area (Å²) in [4.78, 5) is 30.3. The number of ketones is 1. The number of nitrogens with zero attached hydrogens (tertiary/aromatic N) is 2. The van der Waals surface area contributed by atoms with E-state index in [1.54, 1.807) is 11.3 Å². The monoisotopic (exact) mass is 455 g/mol. The summed E-state index contributed by atoms with van der Waals surface area (Å²) in [6, 6.07) is 12.1. The molecule has 0 fully saturated rings. The topological polar surface area (TPSA) is 73.2 Å². The van der Waals surface area contributed by atoms with Gasteiger partial charge in [-0.2, -0.15) is 5.26 Å². The lowest BCUT2D eigenvalue weighted by Gasteiger charge is -2.45. The molecule has 5 nitrogen and oxygen atoms in total. The minimum atomic E-state index is -0.461. The van der Waals surface area contributed by atoms with Crippen LogP contribution in [0.4, 0.5) is 5.00 Å². The molecular weight excluding hydrogens is 430 g/mol. The number of benzene rings is 1. The van der Waals surface area contributed by atoms with E-state index in [-0.39, 0.29) is 17.1 Å². The van der Waals surface area contributed by atoms with Crippen LogP contribution in [0.3, 0.4) is 0 Å². The molecule has 2 aliphatic carbocycles. The van der Waals surface area contributed by atoms with Crippen LogP contribution in [0.5, 0.6) is 0 Å². The molecule has 2 aromatic rings. The van der Waals surface area contributed by atoms with Gasteiger partial charge in [0.05, 0.1) is 23.1 Å². The summed E-state index contributed by atoms with van der Waals surface area (Å²) in [6.07, 6.45) is 5.30. The first-order chi connectivity index (χ1) is 15.9. The summed E-state index contributed by atoms with van der Waals surface area (Å²) >= 11 is 1.67. The van der Waals surface area contributed by atoms with Crippen LogP contribution in [0.1, 0.15) is 71.8 Å². The van der Waals surface area contributed by atoms with Crippen molar-refractivity contribution >= 4 is 28.0 Å². The van der Waals surface area contributed by atoms with Crippen molar-refractivity contribution in [3.8, 4) is 6.07 Å². The molecule has 6 heteroatoms. The molecule has 1 aromatic carbocycles. The van der Waals surface area contributed by atoms with Gasteiger partial charge >= 0.3 is 0 Å². The van der Waals surface area contributed by atoms with Crippen LogP contribution in [0.15, 0.2) is 53.0 Å². The summed E-state index contributed by atoms with van der Waals surface area (Å²) in [7, 11) is 0. The van der Waals surface area contributed by atoms with E-state index in [1.165, 1.54) is 4.88 Å². The second kappa shape index (κ2) is 7.16. The summed E-state index contributed by atoms with van der Waals surface area (Å²) in [5, 5.41) is 14.3. The van der Waals surface area contributed by atoms with Crippen molar-refractivity contribution in [1.29, 1.82) is 5.26 Å². The number of allylic oxidation sites excluding steroid dienone is 3. The highest BCUT2D eigenvalue weighted by atomic mass is 32.1. The fourth-order valence-corrected chi connectivity index (χ4v) is 7.34. The van der Waals surface area contributed by atoms with E-state index >= 15 is 0 Å². The molecule has 4 aliphatic rings. The maximum Gasteiger partial charge on any atom is 0.260 e. The zero-order valence-corrected chi connectivity index (χ0v) is 19.6. The van der Waals surface area contributed by atoms with E-state index in [0.717, 1.165) is 59.5 Å². The van der Waals surface area contributed by atoms with Gasteiger partial charge < -0.3 is 5.32 Å². The van der Waals surface area contributed by atoms with Gasteiger partial charge in [-0.1, -0.05) is 44.2 Å². The SMILES string of the molecule is CC1(C)CC(=O)C2=C(C1)N1C(=C(C#N)[C@H]2c2ccccc2)NC(=O)c2c1sc1c2CCCC1. The fourth-order valence-electron chi connectivity index (χ4n) is 5.92. The molecule has 33 heavy (non-hydrogen) atoms. The lowest BCUT2D eigenvalue weighted by atomic mass is 9.68. The molecule has 0 unspecified atom stereocenters. The number of aryl methyl sites for hydroxylation is 1. The summed E-state index contributed by atoms with van der Waals surface area (Å²) in [5.41, 5.74) is 4.73. The Hall–Kier alpha value is -3.17. The summed E-state index contributed by atoms with van der Waals surface area (Å²) < 4.78 is 0. The molecule has 2 aliphatic heterocycles. The first kappa shape index (κ1) is 20.4. The minimum Gasteiger partial charge on any atom is -0.307 e. The minimum absolute atomic E-state index is 0.0988. The Kier molecular flexibility index (Phi) is 4.44. The predicted molar refractivity (Wildman–Crippen MR) is 128 cm³/mol. The summed E-state index contributed by atoms with van der Waals surface area (Å²) in [6.45, 7) is 4.25. The third-order valence-electron chi connectivity index (χ3n) is 7.29. The van der Waals surface area contributed by atoms with Crippen molar-refractivity contribution in [3.63, 3.8) is 0 Å². The molecule has 166 valence electrons. The van der Waals surface area contributed by atoms with Crippen LogP contribution in [0.2, 0.25) is 0 Å². The number of thiophene rings is 1. The maximum atomic E-state index is 13.6. The fraction of sp³-hybridized carbons (Fsp3) is 0.370. The maximum absolute atomic E-state index is 13.6. The van der Waals surface area contributed by atoms with Gasteiger partial charge in [-0.05, 0) is 48.6 Å². The average Bonchev–Trinajstić information content (AvgIpc) is 3.18. The van der Waals surface area contributed by atoms with E-state index in [1.807, 2.05) is 30.3 Å². The van der Waals surface area contributed by atoms with E-state index in [2.05, 4.69) is 30.1 Å². The van der Waals surface area contributed by atoms with Crippen LogP contribution in [0, 0.1) is 16.7 Å². The van der Waals surface area contributed by atoms with Gasteiger partial charge in [-0.15, -0.1) is 11.3 Å². The van der Waals surface area contributed by atoms with E-state index < -0.39 is 5.92 Å². The zero-order valence-electron chi connectivity index (χ0n) is 18.8. The van der Waals surface area contributed by atoms with Crippen molar-refractivity contribution in [3.05, 3.63) is 74.6 Å². The molecular formula is C27H25N3O2S. The van der Waals surface area contributed by atoms with Crippen LogP contribution in [-0.4, -0.2) is 11.7 Å². The van der Waals surface area contributed by atoms with Crippen molar-refractivity contribution in [2.24, 2.45) is 5.41 Å². The van der Waals surface area contributed by atoms with Crippen LogP contribution in [0.25, 0.3) is 0 Å². The Labute approximate surface area is 197 Å². The number of anilines is 1. The molecule has 0 saturated carbocycles. The van der Waals surface area contributed by atoms with Crippen LogP contribution < -0.4 is 10.2 Å². The van der Waals surface area contributed by atoms with Gasteiger partial charge in [-0.25, -0.2) is 0 Å². The molecule has 3 heterocycles. The third kappa shape index (κ3) is 2.95. The molecule has 1 N–H and O–H groups in total. The van der Waals surface area contributed by atoms with Gasteiger partial charge in [0.1, 0.15) is 10.8 Å². The number of Topliss-reactive ketones (excluding diaryl/α,β-unsaturated/α-hetero) is 1. The molecule has 1 aromatic heterocycles. The number of amides is 1. The number of fused-ring (bicyclic) bond motifs is 6. The standard InChI is InChI=1S/C27H25N3O2S/c1-27(2)12-18-23(19(31)13-27)21(15-8-4-3-5-9-15)17(14-28)24-29-25(32)22-16-10-6-7-11-20(16)33-26(22)30(18)24/h3-5,8-9,21H,6-7,10-13H2,1-2H3,(H,29,32)/t21-/m1/s1. The number of carbonyl (C=O) groups is 2. The average molecular weight is 456 g/mol. The Morgan fingerprint density at radius 3 is 2.64 bits per heavy atom. The third-order valence-corrected chi connectivity index (χ3v) is 8.57. The second-order valence-corrected chi connectivity index (χ2v) is 11.3. The molecule has 0 spiro atoms. The number of hydrogen-bond acceptors (Lipinski definition) is 5. The van der Waals surface area contributed by atoms with Crippen molar-refractivity contribution < 1.29 is 9.59 Å². The van der Waals surface area contributed by atoms with Crippen molar-refractivity contribution in [2.75, 3.05) is 4.90 Å². The Bertz CT molecular complexity index is 1320. The zero-order chi connectivity index (χ0) is 22.9. The molecule has 0 radical (unpaired) electrons. The number of hydrogen-bond donors (Lipinski definition) is 1. The normalized spacial score (nSPS) is 23.3. The first-order valence-corrected chi connectivity index (χ1v) is 12.4. The largest absolute Gasteiger partial charge is 0.307 e. The highest BCUT2D eigenvalue weighted by molar-refractivity contribution is 7.17. The highest BCUT2D eigenvalue weighted by Crippen LogP contribution is 2.54. The Balaban J connectivity index is 1.65. The Morgan fingerprint density at radius 1 is 1.12 bits per heavy atom. The summed E-state index contributed by atoms with van der Waals surface area (Å²) in [5.74, 6) is 0.0477. The van der Waals surface area contributed by atoms with E-state index in [9.17, 15) is 14.9 Å². The number of nitriles is 1. The van der Waals surface area contributed by atoms with Crippen molar-refractivity contribution in [2.45, 2.75) is 58.3 Å². The van der Waals surface area contributed by atoms with Gasteiger partial charge in [0.25, 0.3) is 5.91 Å². The van der Waals surface area contributed by atoms with Crippen molar-refractivity contribution in [1.82, 2.24) is 5.32 Å². The molecule has 0 bridgehead atoms. The molecule has 1 amide bonds.